The Kier molecular flexibility index (Phi) is 3.43. The van der Waals surface area contributed by atoms with Gasteiger partial charge in [-0.2, -0.15) is 5.10 Å². The Bertz CT molecular complexity index is 547. The summed E-state index contributed by atoms with van der Waals surface area (Å²) >= 11 is 0. The maximum atomic E-state index is 12.0. The molecule has 0 radical (unpaired) electrons. The molecular weight excluding hydrogens is 228 g/mol. The van der Waals surface area contributed by atoms with E-state index in [0.29, 0.717) is 0 Å². The van der Waals surface area contributed by atoms with Crippen molar-refractivity contribution >= 4 is 5.91 Å². The number of hydrazine groups is 1. The van der Waals surface area contributed by atoms with Gasteiger partial charge in [-0.1, -0.05) is 30.3 Å². The molecule has 0 saturated heterocycles. The molecule has 2 aromatic rings. The normalized spacial score (nSPS) is 12.2. The Morgan fingerprint density at radius 2 is 2.00 bits per heavy atom. The zero-order valence-electron chi connectivity index (χ0n) is 10.4. The average molecular weight is 244 g/mol. The fourth-order valence-electron chi connectivity index (χ4n) is 2.03. The first-order chi connectivity index (χ1) is 8.63. The van der Waals surface area contributed by atoms with Gasteiger partial charge in [0.25, 0.3) is 5.91 Å². The standard InChI is InChI=1S/C13H16N4O/c1-9-8-10(2)17(16-9)12(13(18)15-14)11-6-4-3-5-7-11/h3-8,12H,14H2,1-2H3,(H,15,18). The molecule has 0 spiro atoms. The second-order valence-corrected chi connectivity index (χ2v) is 4.19. The third-order valence-corrected chi connectivity index (χ3v) is 2.80. The second-order valence-electron chi connectivity index (χ2n) is 4.19. The Morgan fingerprint density at radius 3 is 2.50 bits per heavy atom. The third-order valence-electron chi connectivity index (χ3n) is 2.80. The largest absolute Gasteiger partial charge is 0.292 e. The van der Waals surface area contributed by atoms with Gasteiger partial charge in [-0.25, -0.2) is 5.84 Å². The van der Waals surface area contributed by atoms with Gasteiger partial charge in [0, 0.05) is 5.69 Å². The van der Waals surface area contributed by atoms with E-state index in [1.807, 2.05) is 50.2 Å². The van der Waals surface area contributed by atoms with Gasteiger partial charge in [0.05, 0.1) is 5.69 Å². The molecular formula is C13H16N4O. The van der Waals surface area contributed by atoms with E-state index >= 15 is 0 Å². The summed E-state index contributed by atoms with van der Waals surface area (Å²) in [4.78, 5) is 12.0. The molecule has 0 aliphatic rings. The minimum atomic E-state index is -0.537. The zero-order valence-corrected chi connectivity index (χ0v) is 10.4. The van der Waals surface area contributed by atoms with Crippen LogP contribution >= 0.6 is 0 Å². The number of nitrogens with two attached hydrogens (primary N) is 1. The molecule has 94 valence electrons. The first kappa shape index (κ1) is 12.3. The van der Waals surface area contributed by atoms with Gasteiger partial charge < -0.3 is 0 Å². The summed E-state index contributed by atoms with van der Waals surface area (Å²) in [5.41, 5.74) is 4.85. The smallest absolute Gasteiger partial charge is 0.263 e. The van der Waals surface area contributed by atoms with Gasteiger partial charge in [-0.05, 0) is 25.5 Å². The van der Waals surface area contributed by atoms with Gasteiger partial charge in [-0.3, -0.25) is 14.9 Å². The topological polar surface area (TPSA) is 72.9 Å². The van der Waals surface area contributed by atoms with Crippen molar-refractivity contribution in [3.63, 3.8) is 0 Å². The number of amides is 1. The van der Waals surface area contributed by atoms with E-state index in [-0.39, 0.29) is 5.91 Å². The van der Waals surface area contributed by atoms with Crippen molar-refractivity contribution < 1.29 is 4.79 Å². The van der Waals surface area contributed by atoms with Crippen LogP contribution in [0.2, 0.25) is 0 Å². The van der Waals surface area contributed by atoms with Crippen LogP contribution in [0.3, 0.4) is 0 Å². The fraction of sp³-hybridized carbons (Fsp3) is 0.231. The molecule has 0 aliphatic heterocycles. The molecule has 1 unspecified atom stereocenters. The predicted molar refractivity (Wildman–Crippen MR) is 68.6 cm³/mol. The summed E-state index contributed by atoms with van der Waals surface area (Å²) < 4.78 is 1.69. The summed E-state index contributed by atoms with van der Waals surface area (Å²) in [6.07, 6.45) is 0. The lowest BCUT2D eigenvalue weighted by atomic mass is 10.1. The molecule has 18 heavy (non-hydrogen) atoms. The van der Waals surface area contributed by atoms with Crippen molar-refractivity contribution in [1.29, 1.82) is 0 Å². The summed E-state index contributed by atoms with van der Waals surface area (Å²) in [6.45, 7) is 3.81. The SMILES string of the molecule is Cc1cc(C)n(C(C(=O)NN)c2ccccc2)n1. The van der Waals surface area contributed by atoms with E-state index < -0.39 is 6.04 Å². The third kappa shape index (κ3) is 2.26. The van der Waals surface area contributed by atoms with Crippen LogP contribution in [0.15, 0.2) is 36.4 Å². The highest BCUT2D eigenvalue weighted by Gasteiger charge is 2.23. The highest BCUT2D eigenvalue weighted by atomic mass is 16.2. The second kappa shape index (κ2) is 5.01. The number of aromatic nitrogens is 2. The van der Waals surface area contributed by atoms with Crippen LogP contribution in [-0.4, -0.2) is 15.7 Å². The minimum absolute atomic E-state index is 0.285. The monoisotopic (exact) mass is 244 g/mol. The maximum absolute atomic E-state index is 12.0. The van der Waals surface area contributed by atoms with Crippen molar-refractivity contribution in [1.82, 2.24) is 15.2 Å². The highest BCUT2D eigenvalue weighted by molar-refractivity contribution is 5.83. The molecule has 0 fully saturated rings. The molecule has 3 N–H and O–H groups in total. The van der Waals surface area contributed by atoms with Crippen molar-refractivity contribution in [3.05, 3.63) is 53.3 Å². The Balaban J connectivity index is 2.50. The van der Waals surface area contributed by atoms with Crippen LogP contribution in [0.4, 0.5) is 0 Å². The number of nitrogens with one attached hydrogen (secondary N) is 1. The number of hydrogen-bond acceptors (Lipinski definition) is 3. The Morgan fingerprint density at radius 1 is 1.33 bits per heavy atom. The fourth-order valence-corrected chi connectivity index (χ4v) is 2.03. The summed E-state index contributed by atoms with van der Waals surface area (Å²) in [7, 11) is 0. The number of carbonyl (C=O) groups is 1. The van der Waals surface area contributed by atoms with Crippen LogP contribution in [0.25, 0.3) is 0 Å². The van der Waals surface area contributed by atoms with Gasteiger partial charge in [-0.15, -0.1) is 0 Å². The van der Waals surface area contributed by atoms with Crippen LogP contribution in [0.5, 0.6) is 0 Å². The average Bonchev–Trinajstić information content (AvgIpc) is 2.70. The summed E-state index contributed by atoms with van der Waals surface area (Å²) in [6, 6.07) is 10.8. The minimum Gasteiger partial charge on any atom is -0.292 e. The van der Waals surface area contributed by atoms with Crippen LogP contribution in [0, 0.1) is 13.8 Å². The molecule has 0 saturated carbocycles. The number of rotatable bonds is 3. The molecule has 5 heteroatoms. The molecule has 1 amide bonds. The Hall–Kier alpha value is -2.14. The lowest BCUT2D eigenvalue weighted by Gasteiger charge is -2.17. The molecule has 1 aromatic carbocycles. The number of nitrogens with zero attached hydrogens (tertiary/aromatic N) is 2. The van der Waals surface area contributed by atoms with E-state index in [0.717, 1.165) is 17.0 Å². The Labute approximate surface area is 106 Å². The maximum Gasteiger partial charge on any atom is 0.263 e. The number of aryl methyl sites for hydroxylation is 2. The molecule has 1 atom stereocenters. The quantitative estimate of drug-likeness (QED) is 0.482. The molecule has 0 aliphatic carbocycles. The van der Waals surface area contributed by atoms with E-state index in [1.165, 1.54) is 0 Å². The first-order valence-electron chi connectivity index (χ1n) is 5.71. The van der Waals surface area contributed by atoms with Crippen molar-refractivity contribution in [2.75, 3.05) is 0 Å². The van der Waals surface area contributed by atoms with Crippen LogP contribution in [-0.2, 0) is 4.79 Å². The summed E-state index contributed by atoms with van der Waals surface area (Å²) in [5, 5.41) is 4.36. The lowest BCUT2D eigenvalue weighted by Crippen LogP contribution is -2.38. The molecule has 2 rings (SSSR count). The van der Waals surface area contributed by atoms with E-state index in [9.17, 15) is 4.79 Å². The van der Waals surface area contributed by atoms with Gasteiger partial charge in [0.1, 0.15) is 0 Å². The molecule has 0 bridgehead atoms. The van der Waals surface area contributed by atoms with Crippen molar-refractivity contribution in [3.8, 4) is 0 Å². The van der Waals surface area contributed by atoms with Gasteiger partial charge in [0.2, 0.25) is 0 Å². The highest BCUT2D eigenvalue weighted by Crippen LogP contribution is 2.20. The number of benzene rings is 1. The lowest BCUT2D eigenvalue weighted by molar-refractivity contribution is -0.123. The predicted octanol–water partition coefficient (Wildman–Crippen LogP) is 1.08. The first-order valence-corrected chi connectivity index (χ1v) is 5.71. The van der Waals surface area contributed by atoms with Gasteiger partial charge >= 0.3 is 0 Å². The van der Waals surface area contributed by atoms with Crippen molar-refractivity contribution in [2.45, 2.75) is 19.9 Å². The summed E-state index contributed by atoms with van der Waals surface area (Å²) in [5.74, 6) is 4.98. The molecule has 1 aromatic heterocycles. The van der Waals surface area contributed by atoms with Gasteiger partial charge in [0.15, 0.2) is 6.04 Å². The number of carbonyl (C=O) groups excluding carboxylic acids is 1. The van der Waals surface area contributed by atoms with E-state index in [2.05, 4.69) is 10.5 Å². The van der Waals surface area contributed by atoms with E-state index in [1.54, 1.807) is 4.68 Å². The van der Waals surface area contributed by atoms with Crippen LogP contribution < -0.4 is 11.3 Å². The van der Waals surface area contributed by atoms with E-state index in [4.69, 9.17) is 5.84 Å². The molecule has 5 nitrogen and oxygen atoms in total. The zero-order chi connectivity index (χ0) is 13.1. The van der Waals surface area contributed by atoms with Crippen LogP contribution in [0.1, 0.15) is 23.0 Å². The van der Waals surface area contributed by atoms with Crippen molar-refractivity contribution in [2.24, 2.45) is 5.84 Å². The number of hydrogen-bond donors (Lipinski definition) is 2. The molecule has 1 heterocycles.